The van der Waals surface area contributed by atoms with Gasteiger partial charge in [-0.25, -0.2) is 4.79 Å². The molecule has 4 rings (SSSR count). The molecule has 3 saturated heterocycles. The smallest absolute Gasteiger partial charge is 0.317 e. The van der Waals surface area contributed by atoms with Crippen LogP contribution in [0.15, 0.2) is 30.3 Å². The number of nitrogens with one attached hydrogen (secondary N) is 1. The predicted octanol–water partition coefficient (Wildman–Crippen LogP) is 1.02. The minimum Gasteiger partial charge on any atom is -0.378 e. The standard InChI is InChI=1S/C20H28N4O3/c1-15(2)21-19(26)23-13-20(14-23)12-22(10-17-11-27-9-8-24(17)20)18(25)16-6-4-3-5-7-16/h3-7,15,17H,8-14H2,1-2H3,(H,21,26)/t17-/m1/s1. The second kappa shape index (κ2) is 7.13. The van der Waals surface area contributed by atoms with E-state index in [2.05, 4.69) is 10.2 Å². The van der Waals surface area contributed by atoms with Crippen LogP contribution in [0, 0.1) is 0 Å². The minimum absolute atomic E-state index is 0.0213. The summed E-state index contributed by atoms with van der Waals surface area (Å²) in [7, 11) is 0. The molecular formula is C20H28N4O3. The molecule has 1 aromatic carbocycles. The van der Waals surface area contributed by atoms with E-state index in [0.717, 1.165) is 6.54 Å². The van der Waals surface area contributed by atoms with E-state index in [1.54, 1.807) is 0 Å². The Bertz CT molecular complexity index is 702. The first-order chi connectivity index (χ1) is 13.0. The van der Waals surface area contributed by atoms with Crippen LogP contribution in [0.2, 0.25) is 0 Å². The van der Waals surface area contributed by atoms with Gasteiger partial charge in [-0.15, -0.1) is 0 Å². The largest absolute Gasteiger partial charge is 0.378 e. The number of hydrogen-bond acceptors (Lipinski definition) is 4. The van der Waals surface area contributed by atoms with Crippen molar-refractivity contribution >= 4 is 11.9 Å². The highest BCUT2D eigenvalue weighted by Gasteiger charge is 2.56. The lowest BCUT2D eigenvalue weighted by atomic mass is 9.82. The Balaban J connectivity index is 1.51. The average Bonchev–Trinajstić information content (AvgIpc) is 2.64. The fraction of sp³-hybridized carbons (Fsp3) is 0.600. The highest BCUT2D eigenvalue weighted by molar-refractivity contribution is 5.94. The number of hydrogen-bond donors (Lipinski definition) is 1. The molecule has 0 saturated carbocycles. The van der Waals surface area contributed by atoms with Crippen molar-refractivity contribution in [2.75, 3.05) is 45.9 Å². The Morgan fingerprint density at radius 3 is 2.56 bits per heavy atom. The summed E-state index contributed by atoms with van der Waals surface area (Å²) in [5.74, 6) is 0.0604. The molecule has 1 aromatic rings. The van der Waals surface area contributed by atoms with Crippen LogP contribution in [0.3, 0.4) is 0 Å². The van der Waals surface area contributed by atoms with Gasteiger partial charge in [0.25, 0.3) is 5.91 Å². The van der Waals surface area contributed by atoms with E-state index in [4.69, 9.17) is 4.74 Å². The molecule has 1 N–H and O–H groups in total. The number of carbonyl (C=O) groups is 2. The molecule has 1 spiro atoms. The number of piperazine rings is 1. The Kier molecular flexibility index (Phi) is 4.82. The molecule has 3 aliphatic heterocycles. The third-order valence-corrected chi connectivity index (χ3v) is 5.73. The number of ether oxygens (including phenoxy) is 1. The monoisotopic (exact) mass is 372 g/mol. The quantitative estimate of drug-likeness (QED) is 0.842. The van der Waals surface area contributed by atoms with Crippen LogP contribution >= 0.6 is 0 Å². The van der Waals surface area contributed by atoms with Crippen molar-refractivity contribution in [3.63, 3.8) is 0 Å². The molecule has 0 unspecified atom stereocenters. The van der Waals surface area contributed by atoms with Crippen LogP contribution in [0.4, 0.5) is 4.79 Å². The average molecular weight is 372 g/mol. The molecular weight excluding hydrogens is 344 g/mol. The van der Waals surface area contributed by atoms with Crippen LogP contribution in [-0.4, -0.2) is 90.2 Å². The van der Waals surface area contributed by atoms with Gasteiger partial charge < -0.3 is 19.9 Å². The molecule has 146 valence electrons. The van der Waals surface area contributed by atoms with Crippen molar-refractivity contribution in [3.8, 4) is 0 Å². The highest BCUT2D eigenvalue weighted by atomic mass is 16.5. The van der Waals surface area contributed by atoms with Crippen molar-refractivity contribution in [2.45, 2.75) is 31.5 Å². The molecule has 7 heteroatoms. The summed E-state index contributed by atoms with van der Waals surface area (Å²) in [6, 6.07) is 9.72. The molecule has 27 heavy (non-hydrogen) atoms. The summed E-state index contributed by atoms with van der Waals surface area (Å²) in [4.78, 5) is 31.7. The molecule has 3 heterocycles. The van der Waals surface area contributed by atoms with Gasteiger partial charge in [-0.05, 0) is 26.0 Å². The number of urea groups is 1. The number of amides is 3. The van der Waals surface area contributed by atoms with Crippen LogP contribution in [-0.2, 0) is 4.74 Å². The van der Waals surface area contributed by atoms with Crippen molar-refractivity contribution in [2.24, 2.45) is 0 Å². The van der Waals surface area contributed by atoms with Gasteiger partial charge in [0, 0.05) is 44.3 Å². The van der Waals surface area contributed by atoms with Gasteiger partial charge >= 0.3 is 6.03 Å². The number of fused-ring (bicyclic) bond motifs is 2. The van der Waals surface area contributed by atoms with Crippen LogP contribution in [0.25, 0.3) is 0 Å². The molecule has 7 nitrogen and oxygen atoms in total. The second-order valence-corrected chi connectivity index (χ2v) is 8.16. The van der Waals surface area contributed by atoms with Crippen molar-refractivity contribution in [1.29, 1.82) is 0 Å². The number of nitrogens with zero attached hydrogens (tertiary/aromatic N) is 3. The summed E-state index contributed by atoms with van der Waals surface area (Å²) < 4.78 is 5.69. The lowest BCUT2D eigenvalue weighted by Gasteiger charge is -2.63. The van der Waals surface area contributed by atoms with Gasteiger partial charge in [0.2, 0.25) is 0 Å². The van der Waals surface area contributed by atoms with E-state index in [1.165, 1.54) is 0 Å². The molecule has 3 aliphatic rings. The summed E-state index contributed by atoms with van der Waals surface area (Å²) >= 11 is 0. The number of benzene rings is 1. The number of likely N-dealkylation sites (tertiary alicyclic amines) is 1. The zero-order valence-corrected chi connectivity index (χ0v) is 16.1. The summed E-state index contributed by atoms with van der Waals surface area (Å²) in [6.07, 6.45) is 0. The molecule has 1 atom stereocenters. The first-order valence-corrected chi connectivity index (χ1v) is 9.73. The number of rotatable bonds is 2. The van der Waals surface area contributed by atoms with E-state index >= 15 is 0 Å². The maximum Gasteiger partial charge on any atom is 0.317 e. The summed E-state index contributed by atoms with van der Waals surface area (Å²) in [6.45, 7) is 8.77. The lowest BCUT2D eigenvalue weighted by Crippen LogP contribution is -2.82. The molecule has 0 bridgehead atoms. The Morgan fingerprint density at radius 1 is 1.15 bits per heavy atom. The third kappa shape index (κ3) is 3.41. The van der Waals surface area contributed by atoms with Crippen LogP contribution < -0.4 is 5.32 Å². The molecule has 0 radical (unpaired) electrons. The van der Waals surface area contributed by atoms with Crippen molar-refractivity contribution in [3.05, 3.63) is 35.9 Å². The van der Waals surface area contributed by atoms with Gasteiger partial charge in [0.1, 0.15) is 0 Å². The fourth-order valence-electron chi connectivity index (χ4n) is 4.54. The van der Waals surface area contributed by atoms with Crippen molar-refractivity contribution in [1.82, 2.24) is 20.0 Å². The fourth-order valence-corrected chi connectivity index (χ4v) is 4.54. The molecule has 3 fully saturated rings. The van der Waals surface area contributed by atoms with Gasteiger partial charge in [-0.3, -0.25) is 9.69 Å². The number of carbonyl (C=O) groups excluding carboxylic acids is 2. The normalized spacial score (nSPS) is 24.5. The topological polar surface area (TPSA) is 65.1 Å². The van der Waals surface area contributed by atoms with Crippen molar-refractivity contribution < 1.29 is 14.3 Å². The van der Waals surface area contributed by atoms with E-state index in [1.807, 2.05) is 54.0 Å². The van der Waals surface area contributed by atoms with Crippen LogP contribution in [0.5, 0.6) is 0 Å². The zero-order chi connectivity index (χ0) is 19.0. The molecule has 0 aromatic heterocycles. The maximum atomic E-state index is 13.0. The zero-order valence-electron chi connectivity index (χ0n) is 16.1. The predicted molar refractivity (Wildman–Crippen MR) is 102 cm³/mol. The highest BCUT2D eigenvalue weighted by Crippen LogP contribution is 2.36. The first-order valence-electron chi connectivity index (χ1n) is 9.73. The van der Waals surface area contributed by atoms with Gasteiger partial charge in [-0.2, -0.15) is 0 Å². The minimum atomic E-state index is -0.161. The van der Waals surface area contributed by atoms with E-state index in [-0.39, 0.29) is 29.6 Å². The summed E-state index contributed by atoms with van der Waals surface area (Å²) in [5.41, 5.74) is 0.553. The van der Waals surface area contributed by atoms with Crippen LogP contribution in [0.1, 0.15) is 24.2 Å². The summed E-state index contributed by atoms with van der Waals surface area (Å²) in [5, 5.41) is 2.96. The SMILES string of the molecule is CC(C)NC(=O)N1CC2(C1)CN(C(=O)c1ccccc1)C[C@@H]1COCCN12. The maximum absolute atomic E-state index is 13.0. The van der Waals surface area contributed by atoms with E-state index in [0.29, 0.717) is 45.0 Å². The first kappa shape index (κ1) is 18.3. The van der Waals surface area contributed by atoms with Gasteiger partial charge in [0.05, 0.1) is 24.8 Å². The lowest BCUT2D eigenvalue weighted by molar-refractivity contribution is -0.147. The van der Waals surface area contributed by atoms with Gasteiger partial charge in [-0.1, -0.05) is 18.2 Å². The molecule has 0 aliphatic carbocycles. The third-order valence-electron chi connectivity index (χ3n) is 5.73. The Morgan fingerprint density at radius 2 is 1.85 bits per heavy atom. The van der Waals surface area contributed by atoms with E-state index < -0.39 is 0 Å². The number of morpholine rings is 1. The molecule has 3 amide bonds. The Hall–Kier alpha value is -2.12. The van der Waals surface area contributed by atoms with E-state index in [9.17, 15) is 9.59 Å². The Labute approximate surface area is 160 Å². The second-order valence-electron chi connectivity index (χ2n) is 8.16. The van der Waals surface area contributed by atoms with Gasteiger partial charge in [0.15, 0.2) is 0 Å².